The lowest BCUT2D eigenvalue weighted by Gasteiger charge is -2.34. The average Bonchev–Trinajstić information content (AvgIpc) is 3.11. The third-order valence-corrected chi connectivity index (χ3v) is 5.80. The van der Waals surface area contributed by atoms with E-state index in [1.165, 1.54) is 12.8 Å². The molecule has 0 aromatic heterocycles. The van der Waals surface area contributed by atoms with Crippen LogP contribution in [-0.4, -0.2) is 44.7 Å². The van der Waals surface area contributed by atoms with Crippen LogP contribution in [0.1, 0.15) is 38.5 Å². The SMILES string of the molecule is CNCC1CCCCN1S(=O)(=O)CCC1CC1. The highest BCUT2D eigenvalue weighted by atomic mass is 32.2. The van der Waals surface area contributed by atoms with Crippen LogP contribution < -0.4 is 5.32 Å². The third-order valence-electron chi connectivity index (χ3n) is 3.85. The molecule has 1 N–H and O–H groups in total. The van der Waals surface area contributed by atoms with Crippen LogP contribution in [0.3, 0.4) is 0 Å². The first-order chi connectivity index (χ1) is 8.13. The summed E-state index contributed by atoms with van der Waals surface area (Å²) in [7, 11) is -1.12. The monoisotopic (exact) mass is 260 g/mol. The van der Waals surface area contributed by atoms with Gasteiger partial charge in [0.1, 0.15) is 0 Å². The van der Waals surface area contributed by atoms with Crippen molar-refractivity contribution >= 4 is 10.0 Å². The smallest absolute Gasteiger partial charge is 0.214 e. The summed E-state index contributed by atoms with van der Waals surface area (Å²) >= 11 is 0. The van der Waals surface area contributed by atoms with Gasteiger partial charge in [-0.3, -0.25) is 0 Å². The fraction of sp³-hybridized carbons (Fsp3) is 1.00. The van der Waals surface area contributed by atoms with Gasteiger partial charge < -0.3 is 5.32 Å². The summed E-state index contributed by atoms with van der Waals surface area (Å²) in [5, 5.41) is 3.11. The van der Waals surface area contributed by atoms with Crippen molar-refractivity contribution in [3.05, 3.63) is 0 Å². The third kappa shape index (κ3) is 3.66. The van der Waals surface area contributed by atoms with Gasteiger partial charge in [-0.25, -0.2) is 8.42 Å². The summed E-state index contributed by atoms with van der Waals surface area (Å²) in [4.78, 5) is 0. The van der Waals surface area contributed by atoms with Crippen molar-refractivity contribution in [1.82, 2.24) is 9.62 Å². The van der Waals surface area contributed by atoms with E-state index in [2.05, 4.69) is 5.32 Å². The summed E-state index contributed by atoms with van der Waals surface area (Å²) in [6, 6.07) is 0.179. The standard InChI is InChI=1S/C12H24N2O2S/c1-13-10-12-4-2-3-8-14(12)17(15,16)9-7-11-5-6-11/h11-13H,2-10H2,1H3. The number of nitrogens with zero attached hydrogens (tertiary/aromatic N) is 1. The van der Waals surface area contributed by atoms with E-state index in [9.17, 15) is 8.42 Å². The molecule has 0 amide bonds. The Morgan fingerprint density at radius 1 is 1.24 bits per heavy atom. The molecule has 0 spiro atoms. The minimum atomic E-state index is -3.02. The number of rotatable bonds is 6. The van der Waals surface area contributed by atoms with Gasteiger partial charge >= 0.3 is 0 Å². The summed E-state index contributed by atoms with van der Waals surface area (Å²) in [6.07, 6.45) is 6.50. The molecule has 0 aromatic carbocycles. The molecule has 1 atom stereocenters. The van der Waals surface area contributed by atoms with Crippen LogP contribution >= 0.6 is 0 Å². The molecule has 1 aliphatic carbocycles. The van der Waals surface area contributed by atoms with Crippen LogP contribution in [0, 0.1) is 5.92 Å². The summed E-state index contributed by atoms with van der Waals surface area (Å²) in [6.45, 7) is 1.50. The van der Waals surface area contributed by atoms with E-state index in [0.29, 0.717) is 11.7 Å². The molecule has 17 heavy (non-hydrogen) atoms. The molecule has 0 radical (unpaired) electrons. The Bertz CT molecular complexity index is 336. The number of hydrogen-bond donors (Lipinski definition) is 1. The number of nitrogens with one attached hydrogen (secondary N) is 1. The molecular weight excluding hydrogens is 236 g/mol. The van der Waals surface area contributed by atoms with Gasteiger partial charge in [0.25, 0.3) is 0 Å². The molecule has 2 fully saturated rings. The molecular formula is C12H24N2O2S. The quantitative estimate of drug-likeness (QED) is 0.780. The van der Waals surface area contributed by atoms with E-state index in [-0.39, 0.29) is 6.04 Å². The van der Waals surface area contributed by atoms with E-state index in [1.807, 2.05) is 7.05 Å². The Balaban J connectivity index is 1.95. The van der Waals surface area contributed by atoms with Crippen molar-refractivity contribution in [1.29, 1.82) is 0 Å². The second-order valence-electron chi connectivity index (χ2n) is 5.37. The van der Waals surface area contributed by atoms with Crippen LogP contribution in [-0.2, 0) is 10.0 Å². The molecule has 1 saturated heterocycles. The number of sulfonamides is 1. The number of hydrogen-bond acceptors (Lipinski definition) is 3. The average molecular weight is 260 g/mol. The van der Waals surface area contributed by atoms with Crippen molar-refractivity contribution in [2.75, 3.05) is 25.9 Å². The van der Waals surface area contributed by atoms with Crippen LogP contribution in [0.25, 0.3) is 0 Å². The number of likely N-dealkylation sites (N-methyl/N-ethyl adjacent to an activating group) is 1. The Kier molecular flexibility index (Phi) is 4.44. The molecule has 5 heteroatoms. The Morgan fingerprint density at radius 2 is 2.00 bits per heavy atom. The van der Waals surface area contributed by atoms with Gasteiger partial charge in [0.2, 0.25) is 10.0 Å². The zero-order chi connectivity index (χ0) is 12.3. The van der Waals surface area contributed by atoms with Gasteiger partial charge in [-0.05, 0) is 32.2 Å². The molecule has 1 unspecified atom stereocenters. The van der Waals surface area contributed by atoms with Crippen LogP contribution in [0.2, 0.25) is 0 Å². The van der Waals surface area contributed by atoms with Gasteiger partial charge in [0.05, 0.1) is 5.75 Å². The fourth-order valence-corrected chi connectivity index (χ4v) is 4.53. The molecule has 4 nitrogen and oxygen atoms in total. The zero-order valence-corrected chi connectivity index (χ0v) is 11.5. The Morgan fingerprint density at radius 3 is 2.65 bits per heavy atom. The van der Waals surface area contributed by atoms with Crippen LogP contribution in [0.4, 0.5) is 0 Å². The van der Waals surface area contributed by atoms with E-state index in [4.69, 9.17) is 0 Å². The van der Waals surface area contributed by atoms with Crippen LogP contribution in [0.5, 0.6) is 0 Å². The van der Waals surface area contributed by atoms with Crippen molar-refractivity contribution in [3.63, 3.8) is 0 Å². The topological polar surface area (TPSA) is 49.4 Å². The van der Waals surface area contributed by atoms with E-state index < -0.39 is 10.0 Å². The maximum Gasteiger partial charge on any atom is 0.214 e. The Hall–Kier alpha value is -0.130. The lowest BCUT2D eigenvalue weighted by Crippen LogP contribution is -2.48. The summed E-state index contributed by atoms with van der Waals surface area (Å²) < 4.78 is 26.4. The lowest BCUT2D eigenvalue weighted by molar-refractivity contribution is 0.248. The van der Waals surface area contributed by atoms with Crippen LogP contribution in [0.15, 0.2) is 0 Å². The normalized spacial score (nSPS) is 27.2. The number of piperidine rings is 1. The highest BCUT2D eigenvalue weighted by Crippen LogP contribution is 2.33. The summed E-state index contributed by atoms with van der Waals surface area (Å²) in [5.41, 5.74) is 0. The fourth-order valence-electron chi connectivity index (χ4n) is 2.62. The van der Waals surface area contributed by atoms with E-state index >= 15 is 0 Å². The first-order valence-corrected chi connectivity index (χ1v) is 8.38. The van der Waals surface area contributed by atoms with E-state index in [1.54, 1.807) is 4.31 Å². The molecule has 0 aromatic rings. The maximum absolute atomic E-state index is 12.3. The van der Waals surface area contributed by atoms with E-state index in [0.717, 1.165) is 38.8 Å². The highest BCUT2D eigenvalue weighted by Gasteiger charge is 2.33. The lowest BCUT2D eigenvalue weighted by atomic mass is 10.1. The second-order valence-corrected chi connectivity index (χ2v) is 7.41. The first-order valence-electron chi connectivity index (χ1n) is 6.77. The molecule has 100 valence electrons. The van der Waals surface area contributed by atoms with Crippen molar-refractivity contribution in [2.45, 2.75) is 44.6 Å². The maximum atomic E-state index is 12.3. The van der Waals surface area contributed by atoms with Gasteiger partial charge in [0.15, 0.2) is 0 Å². The van der Waals surface area contributed by atoms with Gasteiger partial charge in [-0.1, -0.05) is 19.3 Å². The molecule has 2 rings (SSSR count). The molecule has 2 aliphatic rings. The first kappa shape index (κ1) is 13.3. The second kappa shape index (κ2) is 5.67. The molecule has 1 saturated carbocycles. The predicted octanol–water partition coefficient (Wildman–Crippen LogP) is 1.19. The molecule has 1 aliphatic heterocycles. The molecule has 1 heterocycles. The highest BCUT2D eigenvalue weighted by molar-refractivity contribution is 7.89. The van der Waals surface area contributed by atoms with Gasteiger partial charge in [-0.15, -0.1) is 0 Å². The zero-order valence-electron chi connectivity index (χ0n) is 10.7. The minimum Gasteiger partial charge on any atom is -0.318 e. The van der Waals surface area contributed by atoms with Gasteiger partial charge in [0, 0.05) is 19.1 Å². The predicted molar refractivity (Wildman–Crippen MR) is 69.4 cm³/mol. The molecule has 0 bridgehead atoms. The van der Waals surface area contributed by atoms with Crippen molar-refractivity contribution in [2.24, 2.45) is 5.92 Å². The largest absolute Gasteiger partial charge is 0.318 e. The summed E-state index contributed by atoms with van der Waals surface area (Å²) in [5.74, 6) is 1.05. The Labute approximate surface area is 105 Å². The van der Waals surface area contributed by atoms with Crippen molar-refractivity contribution in [3.8, 4) is 0 Å². The van der Waals surface area contributed by atoms with Gasteiger partial charge in [-0.2, -0.15) is 4.31 Å². The minimum absolute atomic E-state index is 0.179. The van der Waals surface area contributed by atoms with Crippen molar-refractivity contribution < 1.29 is 8.42 Å².